The predicted octanol–water partition coefficient (Wildman–Crippen LogP) is 5.08. The van der Waals surface area contributed by atoms with Crippen LogP contribution in [0.15, 0.2) is 46.9 Å². The summed E-state index contributed by atoms with van der Waals surface area (Å²) >= 11 is 6.72. The quantitative estimate of drug-likeness (QED) is 0.681. The van der Waals surface area contributed by atoms with Crippen molar-refractivity contribution in [3.63, 3.8) is 0 Å². The second kappa shape index (κ2) is 5.85. The Morgan fingerprint density at radius 1 is 1.06 bits per heavy atom. The minimum Gasteiger partial charge on any atom is -0.497 e. The molecule has 0 N–H and O–H groups in total. The second-order valence-electron chi connectivity index (χ2n) is 3.81. The number of rotatable bonds is 3. The molecule has 0 heterocycles. The van der Waals surface area contributed by atoms with Crippen LogP contribution in [-0.2, 0) is 0 Å². The van der Waals surface area contributed by atoms with E-state index in [9.17, 15) is 4.39 Å². The number of benzene rings is 2. The normalized spacial score (nSPS) is 12.2. The Morgan fingerprint density at radius 2 is 1.67 bits per heavy atom. The molecule has 4 heteroatoms. The first-order chi connectivity index (χ1) is 8.61. The number of hydrogen-bond acceptors (Lipinski definition) is 1. The van der Waals surface area contributed by atoms with E-state index in [0.29, 0.717) is 4.47 Å². The van der Waals surface area contributed by atoms with Crippen molar-refractivity contribution in [2.75, 3.05) is 7.11 Å². The Hall–Kier alpha value is -0.870. The zero-order valence-corrected chi connectivity index (χ0v) is 12.8. The van der Waals surface area contributed by atoms with Gasteiger partial charge in [-0.15, -0.1) is 0 Å². The molecule has 18 heavy (non-hydrogen) atoms. The summed E-state index contributed by atoms with van der Waals surface area (Å²) in [5, 5.41) is 0. The smallest absolute Gasteiger partial charge is 0.137 e. The molecule has 2 aromatic rings. The van der Waals surface area contributed by atoms with Crippen molar-refractivity contribution >= 4 is 31.9 Å². The van der Waals surface area contributed by atoms with Crippen LogP contribution in [0.25, 0.3) is 0 Å². The fraction of sp³-hybridized carbons (Fsp3) is 0.143. The summed E-state index contributed by atoms with van der Waals surface area (Å²) in [6, 6.07) is 12.8. The number of halogens is 3. The van der Waals surface area contributed by atoms with Crippen LogP contribution in [0.3, 0.4) is 0 Å². The Balaban J connectivity index is 2.28. The highest BCUT2D eigenvalue weighted by Crippen LogP contribution is 2.33. The fourth-order valence-electron chi connectivity index (χ4n) is 1.64. The van der Waals surface area contributed by atoms with Crippen molar-refractivity contribution < 1.29 is 9.13 Å². The maximum Gasteiger partial charge on any atom is 0.137 e. The first-order valence-electron chi connectivity index (χ1n) is 5.35. The Kier molecular flexibility index (Phi) is 4.40. The molecular weight excluding hydrogens is 363 g/mol. The monoisotopic (exact) mass is 372 g/mol. The largest absolute Gasteiger partial charge is 0.497 e. The highest BCUT2D eigenvalue weighted by molar-refractivity contribution is 9.10. The molecular formula is C14H11Br2FO. The number of alkyl halides is 1. The van der Waals surface area contributed by atoms with Gasteiger partial charge in [0.1, 0.15) is 11.6 Å². The van der Waals surface area contributed by atoms with Crippen molar-refractivity contribution in [3.8, 4) is 5.75 Å². The van der Waals surface area contributed by atoms with Crippen LogP contribution in [0.2, 0.25) is 0 Å². The average molecular weight is 374 g/mol. The van der Waals surface area contributed by atoms with Crippen LogP contribution in [0.1, 0.15) is 16.0 Å². The van der Waals surface area contributed by atoms with Crippen LogP contribution in [-0.4, -0.2) is 7.11 Å². The van der Waals surface area contributed by atoms with Crippen molar-refractivity contribution in [2.24, 2.45) is 0 Å². The lowest BCUT2D eigenvalue weighted by Gasteiger charge is -2.12. The van der Waals surface area contributed by atoms with Gasteiger partial charge >= 0.3 is 0 Å². The van der Waals surface area contributed by atoms with Gasteiger partial charge in [-0.1, -0.05) is 34.1 Å². The number of hydrogen-bond donors (Lipinski definition) is 0. The first kappa shape index (κ1) is 13.6. The number of methoxy groups -OCH3 is 1. The minimum absolute atomic E-state index is 0.0361. The molecule has 0 spiro atoms. The predicted molar refractivity (Wildman–Crippen MR) is 77.9 cm³/mol. The van der Waals surface area contributed by atoms with E-state index in [1.54, 1.807) is 13.2 Å². The molecule has 2 aromatic carbocycles. The van der Waals surface area contributed by atoms with Crippen molar-refractivity contribution in [1.82, 2.24) is 0 Å². The maximum absolute atomic E-state index is 13.5. The summed E-state index contributed by atoms with van der Waals surface area (Å²) in [7, 11) is 1.63. The molecule has 0 fully saturated rings. The Morgan fingerprint density at radius 3 is 2.22 bits per heavy atom. The van der Waals surface area contributed by atoms with Crippen LogP contribution in [0, 0.1) is 5.82 Å². The third kappa shape index (κ3) is 2.93. The van der Waals surface area contributed by atoms with E-state index in [0.717, 1.165) is 16.9 Å². The lowest BCUT2D eigenvalue weighted by Crippen LogP contribution is -1.94. The van der Waals surface area contributed by atoms with Gasteiger partial charge in [-0.05, 0) is 51.3 Å². The summed E-state index contributed by atoms with van der Waals surface area (Å²) in [5.41, 5.74) is 1.93. The van der Waals surface area contributed by atoms with Gasteiger partial charge in [-0.2, -0.15) is 0 Å². The van der Waals surface area contributed by atoms with Gasteiger partial charge in [0.2, 0.25) is 0 Å². The van der Waals surface area contributed by atoms with E-state index in [-0.39, 0.29) is 10.6 Å². The fourth-order valence-corrected chi connectivity index (χ4v) is 2.47. The van der Waals surface area contributed by atoms with Gasteiger partial charge in [0.05, 0.1) is 16.4 Å². The molecule has 0 aromatic heterocycles. The van der Waals surface area contributed by atoms with Gasteiger partial charge in [0.25, 0.3) is 0 Å². The van der Waals surface area contributed by atoms with E-state index >= 15 is 0 Å². The van der Waals surface area contributed by atoms with Crippen LogP contribution < -0.4 is 4.74 Å². The molecule has 1 nitrogen and oxygen atoms in total. The maximum atomic E-state index is 13.5. The summed E-state index contributed by atoms with van der Waals surface area (Å²) in [5.74, 6) is 0.547. The lowest BCUT2D eigenvalue weighted by molar-refractivity contribution is 0.414. The molecule has 0 aliphatic carbocycles. The molecule has 0 radical (unpaired) electrons. The SMILES string of the molecule is COc1ccc(C(Br)c2ccc(Br)c(F)c2)cc1. The third-order valence-corrected chi connectivity index (χ3v) is 4.35. The molecule has 2 rings (SSSR count). The number of ether oxygens (including phenoxy) is 1. The van der Waals surface area contributed by atoms with E-state index in [2.05, 4.69) is 31.9 Å². The van der Waals surface area contributed by atoms with E-state index in [1.807, 2.05) is 30.3 Å². The van der Waals surface area contributed by atoms with Gasteiger partial charge in [-0.3, -0.25) is 0 Å². The standard InChI is InChI=1S/C14H11Br2FO/c1-18-11-5-2-9(3-6-11)14(16)10-4-7-12(15)13(17)8-10/h2-8,14H,1H3. The molecule has 1 atom stereocenters. The van der Waals surface area contributed by atoms with Crippen molar-refractivity contribution in [3.05, 3.63) is 63.9 Å². The molecule has 94 valence electrons. The molecule has 1 unspecified atom stereocenters. The summed E-state index contributed by atoms with van der Waals surface area (Å²) in [6.07, 6.45) is 0. The molecule has 0 amide bonds. The van der Waals surface area contributed by atoms with Gasteiger partial charge in [0, 0.05) is 0 Å². The molecule has 0 bridgehead atoms. The van der Waals surface area contributed by atoms with Crippen molar-refractivity contribution in [1.29, 1.82) is 0 Å². The van der Waals surface area contributed by atoms with E-state index in [1.165, 1.54) is 6.07 Å². The molecule has 0 aliphatic rings. The van der Waals surface area contributed by atoms with E-state index in [4.69, 9.17) is 4.74 Å². The minimum atomic E-state index is -0.259. The van der Waals surface area contributed by atoms with Crippen LogP contribution in [0.5, 0.6) is 5.75 Å². The van der Waals surface area contributed by atoms with Gasteiger partial charge < -0.3 is 4.74 Å². The topological polar surface area (TPSA) is 9.23 Å². The second-order valence-corrected chi connectivity index (χ2v) is 5.58. The van der Waals surface area contributed by atoms with Gasteiger partial charge in [-0.25, -0.2) is 4.39 Å². The Labute approximate surface area is 122 Å². The van der Waals surface area contributed by atoms with Crippen LogP contribution in [0.4, 0.5) is 4.39 Å². The molecule has 0 saturated carbocycles. The lowest BCUT2D eigenvalue weighted by atomic mass is 10.0. The molecule has 0 saturated heterocycles. The highest BCUT2D eigenvalue weighted by atomic mass is 79.9. The third-order valence-electron chi connectivity index (χ3n) is 2.64. The summed E-state index contributed by atoms with van der Waals surface area (Å²) in [6.45, 7) is 0. The molecule has 0 aliphatic heterocycles. The summed E-state index contributed by atoms with van der Waals surface area (Å²) in [4.78, 5) is -0.0361. The average Bonchev–Trinajstić information content (AvgIpc) is 2.41. The van der Waals surface area contributed by atoms with Gasteiger partial charge in [0.15, 0.2) is 0 Å². The summed E-state index contributed by atoms with van der Waals surface area (Å²) < 4.78 is 19.1. The van der Waals surface area contributed by atoms with E-state index < -0.39 is 0 Å². The first-order valence-corrected chi connectivity index (χ1v) is 7.05. The van der Waals surface area contributed by atoms with Crippen molar-refractivity contribution in [2.45, 2.75) is 4.83 Å². The van der Waals surface area contributed by atoms with Crippen LogP contribution >= 0.6 is 31.9 Å². The zero-order valence-electron chi connectivity index (χ0n) is 9.66. The highest BCUT2D eigenvalue weighted by Gasteiger charge is 2.12. The zero-order chi connectivity index (χ0) is 13.1. The Bertz CT molecular complexity index is 540.